The molecule has 2 heterocycles. The standard InChI is InChI=1S/C11H8N2O2/c14-10-5-7-6-15-9-4-2-1-3-8(9)11(7)13-12-10/h1-5H,6H2,(H,12,14). The summed E-state index contributed by atoms with van der Waals surface area (Å²) in [6, 6.07) is 9.18. The van der Waals surface area contributed by atoms with Crippen molar-refractivity contribution in [3.05, 3.63) is 46.2 Å². The first-order chi connectivity index (χ1) is 7.34. The number of fused-ring (bicyclic) bond motifs is 3. The third-order valence-electron chi connectivity index (χ3n) is 2.41. The molecule has 1 aromatic carbocycles. The molecule has 4 nitrogen and oxygen atoms in total. The predicted molar refractivity (Wildman–Crippen MR) is 54.6 cm³/mol. The molecule has 0 fully saturated rings. The van der Waals surface area contributed by atoms with Gasteiger partial charge in [0.05, 0.1) is 0 Å². The molecule has 4 heteroatoms. The average Bonchev–Trinajstić information content (AvgIpc) is 2.28. The Morgan fingerprint density at radius 1 is 1.33 bits per heavy atom. The fourth-order valence-corrected chi connectivity index (χ4v) is 1.73. The van der Waals surface area contributed by atoms with E-state index in [4.69, 9.17) is 4.74 Å². The summed E-state index contributed by atoms with van der Waals surface area (Å²) in [7, 11) is 0. The lowest BCUT2D eigenvalue weighted by Crippen LogP contribution is -2.15. The highest BCUT2D eigenvalue weighted by molar-refractivity contribution is 5.70. The van der Waals surface area contributed by atoms with Crippen molar-refractivity contribution in [3.8, 4) is 17.0 Å². The van der Waals surface area contributed by atoms with Gasteiger partial charge in [-0.3, -0.25) is 4.79 Å². The van der Waals surface area contributed by atoms with Crippen LogP contribution < -0.4 is 10.3 Å². The van der Waals surface area contributed by atoms with Crippen molar-refractivity contribution in [2.45, 2.75) is 6.61 Å². The zero-order valence-corrected chi connectivity index (χ0v) is 7.86. The molecule has 0 radical (unpaired) electrons. The Morgan fingerprint density at radius 2 is 2.20 bits per heavy atom. The molecule has 0 atom stereocenters. The van der Waals surface area contributed by atoms with Gasteiger partial charge in [0, 0.05) is 17.2 Å². The molecule has 0 spiro atoms. The van der Waals surface area contributed by atoms with Gasteiger partial charge in [-0.25, -0.2) is 5.10 Å². The van der Waals surface area contributed by atoms with Gasteiger partial charge in [0.25, 0.3) is 5.56 Å². The number of hydrogen-bond donors (Lipinski definition) is 1. The SMILES string of the molecule is O=c1cc2c(n[nH]1)-c1ccccc1OC2. The van der Waals surface area contributed by atoms with Crippen LogP contribution in [0, 0.1) is 0 Å². The minimum absolute atomic E-state index is 0.197. The summed E-state index contributed by atoms with van der Waals surface area (Å²) in [5.41, 5.74) is 2.36. The molecular formula is C11H8N2O2. The van der Waals surface area contributed by atoms with E-state index >= 15 is 0 Å². The van der Waals surface area contributed by atoms with Crippen LogP contribution in [0.15, 0.2) is 35.1 Å². The summed E-state index contributed by atoms with van der Waals surface area (Å²) >= 11 is 0. The summed E-state index contributed by atoms with van der Waals surface area (Å²) in [6.07, 6.45) is 0. The quantitative estimate of drug-likeness (QED) is 0.698. The number of rotatable bonds is 0. The van der Waals surface area contributed by atoms with Gasteiger partial charge >= 0.3 is 0 Å². The lowest BCUT2D eigenvalue weighted by Gasteiger charge is -2.18. The van der Waals surface area contributed by atoms with Crippen LogP contribution in [-0.4, -0.2) is 10.2 Å². The maximum atomic E-state index is 11.1. The molecule has 1 aliphatic heterocycles. The van der Waals surface area contributed by atoms with Crippen LogP contribution in [-0.2, 0) is 6.61 Å². The lowest BCUT2D eigenvalue weighted by atomic mass is 10.0. The summed E-state index contributed by atoms with van der Waals surface area (Å²) in [4.78, 5) is 11.1. The summed E-state index contributed by atoms with van der Waals surface area (Å²) < 4.78 is 5.51. The summed E-state index contributed by atoms with van der Waals surface area (Å²) in [6.45, 7) is 0.406. The number of aromatic nitrogens is 2. The molecule has 3 rings (SSSR count). The van der Waals surface area contributed by atoms with E-state index in [0.29, 0.717) is 6.61 Å². The van der Waals surface area contributed by atoms with Crippen LogP contribution in [0.2, 0.25) is 0 Å². The second-order valence-corrected chi connectivity index (χ2v) is 3.39. The maximum absolute atomic E-state index is 11.1. The summed E-state index contributed by atoms with van der Waals surface area (Å²) in [5.74, 6) is 0.810. The van der Waals surface area contributed by atoms with Crippen LogP contribution in [0.4, 0.5) is 0 Å². The van der Waals surface area contributed by atoms with Gasteiger partial charge in [0.2, 0.25) is 0 Å². The molecule has 0 bridgehead atoms. The van der Waals surface area contributed by atoms with Crippen molar-refractivity contribution in [1.82, 2.24) is 10.2 Å². The first-order valence-electron chi connectivity index (χ1n) is 4.65. The number of aromatic amines is 1. The van der Waals surface area contributed by atoms with Gasteiger partial charge < -0.3 is 4.74 Å². The van der Waals surface area contributed by atoms with Crippen LogP contribution in [0.3, 0.4) is 0 Å². The van der Waals surface area contributed by atoms with Crippen molar-refractivity contribution < 1.29 is 4.74 Å². The number of para-hydroxylation sites is 1. The molecule has 1 aromatic heterocycles. The first kappa shape index (κ1) is 8.23. The van der Waals surface area contributed by atoms with E-state index in [0.717, 1.165) is 22.6 Å². The number of hydrogen-bond acceptors (Lipinski definition) is 3. The van der Waals surface area contributed by atoms with E-state index in [1.807, 2.05) is 24.3 Å². The van der Waals surface area contributed by atoms with Gasteiger partial charge in [-0.1, -0.05) is 12.1 Å². The van der Waals surface area contributed by atoms with Crippen molar-refractivity contribution in [3.63, 3.8) is 0 Å². The maximum Gasteiger partial charge on any atom is 0.264 e. The predicted octanol–water partition coefficient (Wildman–Crippen LogP) is 1.33. The topological polar surface area (TPSA) is 55.0 Å². The fourth-order valence-electron chi connectivity index (χ4n) is 1.73. The molecule has 74 valence electrons. The van der Waals surface area contributed by atoms with Crippen molar-refractivity contribution in [2.24, 2.45) is 0 Å². The molecule has 1 aliphatic rings. The lowest BCUT2D eigenvalue weighted by molar-refractivity contribution is 0.301. The van der Waals surface area contributed by atoms with Crippen molar-refractivity contribution in [1.29, 1.82) is 0 Å². The highest BCUT2D eigenvalue weighted by Gasteiger charge is 2.18. The van der Waals surface area contributed by atoms with E-state index in [-0.39, 0.29) is 5.56 Å². The molecular weight excluding hydrogens is 192 g/mol. The van der Waals surface area contributed by atoms with E-state index < -0.39 is 0 Å². The molecule has 0 aliphatic carbocycles. The van der Waals surface area contributed by atoms with Crippen LogP contribution in [0.25, 0.3) is 11.3 Å². The van der Waals surface area contributed by atoms with Gasteiger partial charge in [0.1, 0.15) is 18.1 Å². The Morgan fingerprint density at radius 3 is 3.13 bits per heavy atom. The number of H-pyrrole nitrogens is 1. The van der Waals surface area contributed by atoms with Crippen molar-refractivity contribution in [2.75, 3.05) is 0 Å². The van der Waals surface area contributed by atoms with E-state index in [2.05, 4.69) is 10.2 Å². The van der Waals surface area contributed by atoms with Crippen LogP contribution in [0.1, 0.15) is 5.56 Å². The zero-order chi connectivity index (χ0) is 10.3. The number of nitrogens with zero attached hydrogens (tertiary/aromatic N) is 1. The number of benzene rings is 1. The molecule has 0 saturated carbocycles. The highest BCUT2D eigenvalue weighted by atomic mass is 16.5. The highest BCUT2D eigenvalue weighted by Crippen LogP contribution is 2.34. The second kappa shape index (κ2) is 2.95. The minimum atomic E-state index is -0.197. The summed E-state index contributed by atoms with van der Waals surface area (Å²) in [5, 5.41) is 6.48. The Bertz CT molecular complexity index is 575. The van der Waals surface area contributed by atoms with E-state index in [1.54, 1.807) is 0 Å². The van der Waals surface area contributed by atoms with Gasteiger partial charge in [-0.15, -0.1) is 0 Å². The molecule has 0 unspecified atom stereocenters. The average molecular weight is 200 g/mol. The Labute approximate surface area is 85.5 Å². The molecule has 0 amide bonds. The Balaban J connectivity index is 2.30. The molecule has 0 saturated heterocycles. The molecule has 2 aromatic rings. The fraction of sp³-hybridized carbons (Fsp3) is 0.0909. The van der Waals surface area contributed by atoms with Crippen LogP contribution >= 0.6 is 0 Å². The molecule has 15 heavy (non-hydrogen) atoms. The van der Waals surface area contributed by atoms with Crippen molar-refractivity contribution >= 4 is 0 Å². The third kappa shape index (κ3) is 1.22. The number of nitrogens with one attached hydrogen (secondary N) is 1. The largest absolute Gasteiger partial charge is 0.488 e. The monoisotopic (exact) mass is 200 g/mol. The minimum Gasteiger partial charge on any atom is -0.488 e. The van der Waals surface area contributed by atoms with Gasteiger partial charge in [-0.05, 0) is 12.1 Å². The van der Waals surface area contributed by atoms with Gasteiger partial charge in [0.15, 0.2) is 0 Å². The first-order valence-corrected chi connectivity index (χ1v) is 4.65. The normalized spacial score (nSPS) is 12.5. The van der Waals surface area contributed by atoms with Gasteiger partial charge in [-0.2, -0.15) is 5.10 Å². The Hall–Kier alpha value is -2.10. The smallest absolute Gasteiger partial charge is 0.264 e. The van der Waals surface area contributed by atoms with Crippen LogP contribution in [0.5, 0.6) is 5.75 Å². The Kier molecular flexibility index (Phi) is 1.62. The van der Waals surface area contributed by atoms with E-state index in [9.17, 15) is 4.79 Å². The second-order valence-electron chi connectivity index (χ2n) is 3.39. The third-order valence-corrected chi connectivity index (χ3v) is 2.41. The number of ether oxygens (including phenoxy) is 1. The molecule has 1 N–H and O–H groups in total. The zero-order valence-electron chi connectivity index (χ0n) is 7.86. The van der Waals surface area contributed by atoms with E-state index in [1.165, 1.54) is 6.07 Å².